The van der Waals surface area contributed by atoms with Gasteiger partial charge in [0.1, 0.15) is 0 Å². The predicted octanol–water partition coefficient (Wildman–Crippen LogP) is 4.20. The monoisotopic (exact) mass is 234 g/mol. The molecule has 2 rings (SSSR count). The molecule has 88 valence electrons. The van der Waals surface area contributed by atoms with E-state index < -0.39 is 0 Å². The van der Waals surface area contributed by atoms with Crippen molar-refractivity contribution < 1.29 is 0 Å². The second kappa shape index (κ2) is 4.80. The van der Waals surface area contributed by atoms with E-state index in [1.165, 1.54) is 0 Å². The molecule has 1 aromatic carbocycles. The minimum atomic E-state index is 0.808. The van der Waals surface area contributed by atoms with Gasteiger partial charge in [-0.1, -0.05) is 50.6 Å². The molecule has 0 bridgehead atoms. The SMILES string of the molecule is C=Cc1c(C=C)c(C=C)c2nccnc2c1C=C. The highest BCUT2D eigenvalue weighted by Crippen LogP contribution is 2.31. The summed E-state index contributed by atoms with van der Waals surface area (Å²) in [5, 5.41) is 0. The number of nitrogens with zero attached hydrogens (tertiary/aromatic N) is 2. The first-order valence-corrected chi connectivity index (χ1v) is 5.58. The molecular formula is C16H14N2. The zero-order valence-corrected chi connectivity index (χ0v) is 10.2. The van der Waals surface area contributed by atoms with Crippen molar-refractivity contribution in [2.75, 3.05) is 0 Å². The van der Waals surface area contributed by atoms with Gasteiger partial charge in [-0.25, -0.2) is 0 Å². The standard InChI is InChI=1S/C16H14N2/c1-5-11-12(6-2)14(8-4)16-15(13(11)7-3)17-9-10-18-16/h5-10H,1-4H2. The average molecular weight is 234 g/mol. The maximum absolute atomic E-state index is 4.38. The number of rotatable bonds is 4. The van der Waals surface area contributed by atoms with Crippen LogP contribution in [0.5, 0.6) is 0 Å². The van der Waals surface area contributed by atoms with Crippen molar-refractivity contribution in [3.63, 3.8) is 0 Å². The van der Waals surface area contributed by atoms with E-state index >= 15 is 0 Å². The Bertz CT molecular complexity index is 608. The molecule has 2 aromatic rings. The summed E-state index contributed by atoms with van der Waals surface area (Å²) in [5.41, 5.74) is 5.39. The van der Waals surface area contributed by atoms with E-state index in [2.05, 4.69) is 36.3 Å². The lowest BCUT2D eigenvalue weighted by molar-refractivity contribution is 1.28. The van der Waals surface area contributed by atoms with E-state index in [4.69, 9.17) is 0 Å². The van der Waals surface area contributed by atoms with Crippen molar-refractivity contribution in [1.29, 1.82) is 0 Å². The Balaban J connectivity index is 3.13. The molecule has 0 aliphatic rings. The van der Waals surface area contributed by atoms with Crippen molar-refractivity contribution in [2.45, 2.75) is 0 Å². The number of aromatic nitrogens is 2. The van der Waals surface area contributed by atoms with E-state index in [-0.39, 0.29) is 0 Å². The van der Waals surface area contributed by atoms with Crippen LogP contribution in [0.3, 0.4) is 0 Å². The van der Waals surface area contributed by atoms with E-state index in [0.29, 0.717) is 0 Å². The summed E-state index contributed by atoms with van der Waals surface area (Å²) in [7, 11) is 0. The highest BCUT2D eigenvalue weighted by Gasteiger charge is 2.14. The summed E-state index contributed by atoms with van der Waals surface area (Å²) < 4.78 is 0. The topological polar surface area (TPSA) is 25.8 Å². The molecule has 0 amide bonds. The quantitative estimate of drug-likeness (QED) is 0.792. The molecule has 1 aromatic heterocycles. The van der Waals surface area contributed by atoms with E-state index in [9.17, 15) is 0 Å². The van der Waals surface area contributed by atoms with Crippen LogP contribution in [-0.4, -0.2) is 9.97 Å². The first-order valence-electron chi connectivity index (χ1n) is 5.58. The number of fused-ring (bicyclic) bond motifs is 1. The fourth-order valence-corrected chi connectivity index (χ4v) is 2.13. The van der Waals surface area contributed by atoms with Crippen LogP contribution in [-0.2, 0) is 0 Å². The molecule has 0 saturated carbocycles. The first kappa shape index (κ1) is 12.0. The highest BCUT2D eigenvalue weighted by molar-refractivity contribution is 5.98. The summed E-state index contributed by atoms with van der Waals surface area (Å²) in [6.45, 7) is 15.4. The molecule has 0 saturated heterocycles. The minimum Gasteiger partial charge on any atom is -0.252 e. The fraction of sp³-hybridized carbons (Fsp3) is 0. The van der Waals surface area contributed by atoms with Gasteiger partial charge in [0, 0.05) is 23.5 Å². The van der Waals surface area contributed by atoms with Gasteiger partial charge in [0.25, 0.3) is 0 Å². The Morgan fingerprint density at radius 3 is 1.22 bits per heavy atom. The lowest BCUT2D eigenvalue weighted by Crippen LogP contribution is -1.97. The van der Waals surface area contributed by atoms with Crippen LogP contribution < -0.4 is 0 Å². The molecule has 0 atom stereocenters. The maximum Gasteiger partial charge on any atom is 0.0971 e. The van der Waals surface area contributed by atoms with Gasteiger partial charge in [-0.05, 0) is 11.1 Å². The Morgan fingerprint density at radius 2 is 0.944 bits per heavy atom. The molecule has 0 spiro atoms. The maximum atomic E-state index is 4.38. The molecule has 0 radical (unpaired) electrons. The Labute approximate surface area is 107 Å². The molecule has 0 unspecified atom stereocenters. The van der Waals surface area contributed by atoms with Gasteiger partial charge in [0.2, 0.25) is 0 Å². The zero-order chi connectivity index (χ0) is 13.1. The van der Waals surface area contributed by atoms with Crippen molar-refractivity contribution in [2.24, 2.45) is 0 Å². The van der Waals surface area contributed by atoms with Crippen LogP contribution >= 0.6 is 0 Å². The number of hydrogen-bond donors (Lipinski definition) is 0. The third-order valence-corrected chi connectivity index (χ3v) is 2.90. The van der Waals surface area contributed by atoms with Gasteiger partial charge in [-0.15, -0.1) is 0 Å². The van der Waals surface area contributed by atoms with Gasteiger partial charge in [-0.2, -0.15) is 0 Å². The summed E-state index contributed by atoms with van der Waals surface area (Å²) >= 11 is 0. The van der Waals surface area contributed by atoms with Crippen LogP contribution in [0.25, 0.3) is 35.3 Å². The smallest absolute Gasteiger partial charge is 0.0971 e. The van der Waals surface area contributed by atoms with E-state index in [1.54, 1.807) is 36.7 Å². The Hall–Kier alpha value is -2.48. The molecule has 18 heavy (non-hydrogen) atoms. The predicted molar refractivity (Wildman–Crippen MR) is 79.9 cm³/mol. The van der Waals surface area contributed by atoms with Crippen LogP contribution in [0.4, 0.5) is 0 Å². The van der Waals surface area contributed by atoms with E-state index in [1.807, 2.05) is 0 Å². The van der Waals surface area contributed by atoms with Gasteiger partial charge >= 0.3 is 0 Å². The molecule has 2 nitrogen and oxygen atoms in total. The summed E-state index contributed by atoms with van der Waals surface area (Å²) in [5.74, 6) is 0. The second-order valence-corrected chi connectivity index (χ2v) is 3.72. The van der Waals surface area contributed by atoms with Crippen LogP contribution in [0, 0.1) is 0 Å². The van der Waals surface area contributed by atoms with Crippen molar-refractivity contribution in [3.05, 3.63) is 61.0 Å². The van der Waals surface area contributed by atoms with Crippen LogP contribution in [0.2, 0.25) is 0 Å². The molecule has 0 aliphatic carbocycles. The van der Waals surface area contributed by atoms with Crippen LogP contribution in [0.1, 0.15) is 22.3 Å². The number of benzene rings is 1. The third-order valence-electron chi connectivity index (χ3n) is 2.90. The summed E-state index contributed by atoms with van der Waals surface area (Å²) in [4.78, 5) is 8.76. The molecule has 0 aliphatic heterocycles. The normalized spacial score (nSPS) is 10.0. The summed E-state index contributed by atoms with van der Waals surface area (Å²) in [6, 6.07) is 0. The Morgan fingerprint density at radius 1 is 0.611 bits per heavy atom. The van der Waals surface area contributed by atoms with Gasteiger partial charge in [0.15, 0.2) is 0 Å². The van der Waals surface area contributed by atoms with Gasteiger partial charge < -0.3 is 0 Å². The highest BCUT2D eigenvalue weighted by atomic mass is 14.8. The lowest BCUT2D eigenvalue weighted by Gasteiger charge is -2.13. The van der Waals surface area contributed by atoms with Gasteiger partial charge in [-0.3, -0.25) is 9.97 Å². The minimum absolute atomic E-state index is 0.808. The molecule has 2 heteroatoms. The van der Waals surface area contributed by atoms with Gasteiger partial charge in [0.05, 0.1) is 11.0 Å². The molecule has 1 heterocycles. The molecule has 0 fully saturated rings. The van der Waals surface area contributed by atoms with Crippen LogP contribution in [0.15, 0.2) is 38.7 Å². The molecule has 0 N–H and O–H groups in total. The zero-order valence-electron chi connectivity index (χ0n) is 10.2. The first-order chi connectivity index (χ1) is 8.78. The lowest BCUT2D eigenvalue weighted by atomic mass is 9.93. The fourth-order valence-electron chi connectivity index (χ4n) is 2.13. The number of hydrogen-bond acceptors (Lipinski definition) is 2. The second-order valence-electron chi connectivity index (χ2n) is 3.72. The third kappa shape index (κ3) is 1.59. The van der Waals surface area contributed by atoms with Crippen molar-refractivity contribution >= 4 is 35.3 Å². The molecular weight excluding hydrogens is 220 g/mol. The van der Waals surface area contributed by atoms with E-state index in [0.717, 1.165) is 33.3 Å². The Kier molecular flexibility index (Phi) is 3.20. The largest absolute Gasteiger partial charge is 0.252 e. The van der Waals surface area contributed by atoms with Crippen molar-refractivity contribution in [3.8, 4) is 0 Å². The average Bonchev–Trinajstić information content (AvgIpc) is 2.44. The summed E-state index contributed by atoms with van der Waals surface area (Å²) in [6.07, 6.45) is 10.5. The van der Waals surface area contributed by atoms with Crippen molar-refractivity contribution in [1.82, 2.24) is 9.97 Å².